The largest absolute Gasteiger partial charge is 0.329 e. The molecule has 1 aliphatic heterocycles. The van der Waals surface area contributed by atoms with Gasteiger partial charge in [0.1, 0.15) is 0 Å². The summed E-state index contributed by atoms with van der Waals surface area (Å²) in [6, 6.07) is 1.29. The van der Waals surface area contributed by atoms with E-state index in [2.05, 4.69) is 29.4 Å². The normalized spacial score (nSPS) is 27.3. The van der Waals surface area contributed by atoms with Crippen LogP contribution in [0.2, 0.25) is 0 Å². The Labute approximate surface area is 109 Å². The van der Waals surface area contributed by atoms with Gasteiger partial charge in [0.15, 0.2) is 0 Å². The first-order valence-electron chi connectivity index (χ1n) is 6.85. The van der Waals surface area contributed by atoms with E-state index < -0.39 is 0 Å². The Morgan fingerprint density at radius 1 is 1.44 bits per heavy atom. The van der Waals surface area contributed by atoms with Crippen molar-refractivity contribution in [2.24, 2.45) is 12.8 Å². The van der Waals surface area contributed by atoms with Crippen molar-refractivity contribution < 1.29 is 0 Å². The summed E-state index contributed by atoms with van der Waals surface area (Å²) in [5.74, 6) is 0. The highest BCUT2D eigenvalue weighted by Gasteiger charge is 2.27. The number of aryl methyl sites for hydroxylation is 1. The highest BCUT2D eigenvalue weighted by atomic mass is 15.5. The van der Waals surface area contributed by atoms with Crippen LogP contribution in [0.15, 0.2) is 12.4 Å². The third-order valence-electron chi connectivity index (χ3n) is 3.86. The zero-order chi connectivity index (χ0) is 13.1. The van der Waals surface area contributed by atoms with Crippen LogP contribution in [0, 0.1) is 0 Å². The van der Waals surface area contributed by atoms with E-state index in [9.17, 15) is 0 Å². The molecule has 1 aliphatic rings. The van der Waals surface area contributed by atoms with Crippen molar-refractivity contribution in [1.29, 1.82) is 0 Å². The van der Waals surface area contributed by atoms with Crippen molar-refractivity contribution in [3.8, 4) is 0 Å². The monoisotopic (exact) mass is 251 g/mol. The van der Waals surface area contributed by atoms with Crippen LogP contribution in [0.3, 0.4) is 0 Å². The molecule has 102 valence electrons. The average molecular weight is 251 g/mol. The van der Waals surface area contributed by atoms with Crippen LogP contribution in [0.25, 0.3) is 0 Å². The van der Waals surface area contributed by atoms with Gasteiger partial charge in [-0.1, -0.05) is 6.42 Å². The lowest BCUT2D eigenvalue weighted by atomic mass is 9.99. The van der Waals surface area contributed by atoms with Crippen LogP contribution in [-0.4, -0.2) is 33.4 Å². The van der Waals surface area contributed by atoms with Gasteiger partial charge in [0.05, 0.1) is 12.2 Å². The molecule has 3 N–H and O–H groups in total. The fraction of sp³-hybridized carbons (Fsp3) is 0.769. The summed E-state index contributed by atoms with van der Waals surface area (Å²) in [6.07, 6.45) is 7.75. The standard InChI is InChI=1S/C13H25N5/c1-10-5-4-6-11(2)18(10)16-13(7-14)12-8-15-17(3)9-12/h8-11,13,16H,4-7,14H2,1-3H3. The Morgan fingerprint density at radius 2 is 2.11 bits per heavy atom. The van der Waals surface area contributed by atoms with Gasteiger partial charge in [-0.25, -0.2) is 10.4 Å². The molecule has 5 nitrogen and oxygen atoms in total. The zero-order valence-corrected chi connectivity index (χ0v) is 11.6. The Hall–Kier alpha value is -0.910. The van der Waals surface area contributed by atoms with Crippen molar-refractivity contribution in [3.63, 3.8) is 0 Å². The summed E-state index contributed by atoms with van der Waals surface area (Å²) in [5.41, 5.74) is 10.6. The number of nitrogens with zero attached hydrogens (tertiary/aromatic N) is 3. The number of aromatic nitrogens is 2. The van der Waals surface area contributed by atoms with Crippen LogP contribution in [0.4, 0.5) is 0 Å². The third kappa shape index (κ3) is 2.91. The second kappa shape index (κ2) is 5.82. The molecule has 0 aliphatic carbocycles. The van der Waals surface area contributed by atoms with Gasteiger partial charge in [-0.2, -0.15) is 5.10 Å². The van der Waals surface area contributed by atoms with E-state index in [1.54, 1.807) is 0 Å². The minimum absolute atomic E-state index is 0.154. The van der Waals surface area contributed by atoms with Gasteiger partial charge in [-0.05, 0) is 26.7 Å². The summed E-state index contributed by atoms with van der Waals surface area (Å²) in [6.45, 7) is 5.14. The second-order valence-corrected chi connectivity index (χ2v) is 5.40. The Bertz CT molecular complexity index is 365. The fourth-order valence-corrected chi connectivity index (χ4v) is 2.74. The Balaban J connectivity index is 2.05. The first-order chi connectivity index (χ1) is 8.61. The van der Waals surface area contributed by atoms with Crippen molar-refractivity contribution >= 4 is 0 Å². The lowest BCUT2D eigenvalue weighted by Gasteiger charge is -2.41. The molecule has 2 rings (SSSR count). The van der Waals surface area contributed by atoms with Crippen LogP contribution in [0.1, 0.15) is 44.7 Å². The minimum atomic E-state index is 0.154. The molecule has 1 fully saturated rings. The number of nitrogens with two attached hydrogens (primary N) is 1. The van der Waals surface area contributed by atoms with Gasteiger partial charge >= 0.3 is 0 Å². The average Bonchev–Trinajstić information content (AvgIpc) is 2.76. The van der Waals surface area contributed by atoms with E-state index in [-0.39, 0.29) is 6.04 Å². The molecule has 0 aromatic carbocycles. The molecule has 18 heavy (non-hydrogen) atoms. The van der Waals surface area contributed by atoms with E-state index in [1.807, 2.05) is 24.1 Å². The molecule has 3 unspecified atom stereocenters. The first kappa shape index (κ1) is 13.5. The molecule has 0 radical (unpaired) electrons. The summed E-state index contributed by atoms with van der Waals surface area (Å²) >= 11 is 0. The topological polar surface area (TPSA) is 59.1 Å². The summed E-state index contributed by atoms with van der Waals surface area (Å²) in [7, 11) is 1.93. The number of rotatable bonds is 4. The molecule has 2 heterocycles. The summed E-state index contributed by atoms with van der Waals surface area (Å²) < 4.78 is 1.82. The smallest absolute Gasteiger partial charge is 0.0618 e. The quantitative estimate of drug-likeness (QED) is 0.844. The lowest BCUT2D eigenvalue weighted by Crippen LogP contribution is -2.54. The molecule has 0 saturated carbocycles. The molecule has 1 aromatic heterocycles. The van der Waals surface area contributed by atoms with Crippen LogP contribution >= 0.6 is 0 Å². The number of piperidine rings is 1. The summed E-state index contributed by atoms with van der Waals surface area (Å²) in [4.78, 5) is 0. The maximum absolute atomic E-state index is 5.90. The number of hydrazine groups is 1. The number of hydrogen-bond acceptors (Lipinski definition) is 4. The predicted octanol–water partition coefficient (Wildman–Crippen LogP) is 1.19. The van der Waals surface area contributed by atoms with Gasteiger partial charge in [0.2, 0.25) is 0 Å². The molecule has 0 spiro atoms. The minimum Gasteiger partial charge on any atom is -0.329 e. The zero-order valence-electron chi connectivity index (χ0n) is 11.6. The SMILES string of the molecule is CC1CCCC(C)N1NC(CN)c1cnn(C)c1. The van der Waals surface area contributed by atoms with Crippen molar-refractivity contribution in [1.82, 2.24) is 20.2 Å². The number of hydrogen-bond donors (Lipinski definition) is 2. The Morgan fingerprint density at radius 3 is 2.61 bits per heavy atom. The van der Waals surface area contributed by atoms with Crippen molar-refractivity contribution in [2.75, 3.05) is 6.54 Å². The summed E-state index contributed by atoms with van der Waals surface area (Å²) in [5, 5.41) is 6.59. The Kier molecular flexibility index (Phi) is 4.37. The molecule has 1 aromatic rings. The van der Waals surface area contributed by atoms with Crippen molar-refractivity contribution in [2.45, 2.75) is 51.2 Å². The maximum Gasteiger partial charge on any atom is 0.0618 e. The van der Waals surface area contributed by atoms with Crippen LogP contribution < -0.4 is 11.2 Å². The molecule has 0 bridgehead atoms. The molecule has 0 amide bonds. The highest BCUT2D eigenvalue weighted by molar-refractivity contribution is 5.10. The van der Waals surface area contributed by atoms with E-state index >= 15 is 0 Å². The van der Waals surface area contributed by atoms with Gasteiger partial charge in [0, 0.05) is 37.4 Å². The molecule has 1 saturated heterocycles. The maximum atomic E-state index is 5.90. The number of nitrogens with one attached hydrogen (secondary N) is 1. The fourth-order valence-electron chi connectivity index (χ4n) is 2.74. The van der Waals surface area contributed by atoms with Gasteiger partial charge in [0.25, 0.3) is 0 Å². The van der Waals surface area contributed by atoms with Gasteiger partial charge in [-0.15, -0.1) is 0 Å². The van der Waals surface area contributed by atoms with Crippen LogP contribution in [0.5, 0.6) is 0 Å². The van der Waals surface area contributed by atoms with Crippen molar-refractivity contribution in [3.05, 3.63) is 18.0 Å². The lowest BCUT2D eigenvalue weighted by molar-refractivity contribution is 0.0304. The molecule has 5 heteroatoms. The van der Waals surface area contributed by atoms with Gasteiger partial charge < -0.3 is 5.73 Å². The predicted molar refractivity (Wildman–Crippen MR) is 72.8 cm³/mol. The van der Waals surface area contributed by atoms with E-state index in [1.165, 1.54) is 19.3 Å². The second-order valence-electron chi connectivity index (χ2n) is 5.40. The highest BCUT2D eigenvalue weighted by Crippen LogP contribution is 2.22. The molecular formula is C13H25N5. The van der Waals surface area contributed by atoms with Crippen LogP contribution in [-0.2, 0) is 7.05 Å². The first-order valence-corrected chi connectivity index (χ1v) is 6.85. The van der Waals surface area contributed by atoms with E-state index in [0.29, 0.717) is 18.6 Å². The molecular weight excluding hydrogens is 226 g/mol. The van der Waals surface area contributed by atoms with E-state index in [4.69, 9.17) is 5.73 Å². The molecule has 3 atom stereocenters. The van der Waals surface area contributed by atoms with E-state index in [0.717, 1.165) is 5.56 Å². The van der Waals surface area contributed by atoms with Gasteiger partial charge in [-0.3, -0.25) is 4.68 Å². The third-order valence-corrected chi connectivity index (χ3v) is 3.86.